The highest BCUT2D eigenvalue weighted by molar-refractivity contribution is 6.36. The van der Waals surface area contributed by atoms with Crippen molar-refractivity contribution in [1.29, 1.82) is 0 Å². The van der Waals surface area contributed by atoms with Crippen molar-refractivity contribution in [3.05, 3.63) is 58.1 Å². The van der Waals surface area contributed by atoms with Crippen molar-refractivity contribution in [3.8, 4) is 0 Å². The number of nitrogens with one attached hydrogen (secondary N) is 1. The minimum absolute atomic E-state index is 0.267. The maximum atomic E-state index is 12.5. The summed E-state index contributed by atoms with van der Waals surface area (Å²) in [7, 11) is 1.65. The van der Waals surface area contributed by atoms with Gasteiger partial charge in [-0.25, -0.2) is 0 Å². The van der Waals surface area contributed by atoms with E-state index in [2.05, 4.69) is 5.32 Å². The highest BCUT2D eigenvalue weighted by atomic mass is 35.5. The third-order valence-electron chi connectivity index (χ3n) is 3.64. The van der Waals surface area contributed by atoms with E-state index in [1.807, 2.05) is 12.1 Å². The van der Waals surface area contributed by atoms with Crippen LogP contribution >= 0.6 is 23.2 Å². The summed E-state index contributed by atoms with van der Waals surface area (Å²) < 4.78 is 0. The highest BCUT2D eigenvalue weighted by Gasteiger charge is 2.40. The molecule has 1 aliphatic heterocycles. The minimum Gasteiger partial charge on any atom is -0.324 e. The number of carbonyl (C=O) groups excluding carboxylic acids is 2. The molecule has 112 valence electrons. The van der Waals surface area contributed by atoms with Gasteiger partial charge in [0.15, 0.2) is 0 Å². The van der Waals surface area contributed by atoms with Gasteiger partial charge in [-0.3, -0.25) is 9.59 Å². The van der Waals surface area contributed by atoms with Crippen LogP contribution in [-0.4, -0.2) is 18.9 Å². The number of hydrogen-bond acceptors (Lipinski definition) is 2. The molecule has 2 aromatic rings. The highest BCUT2D eigenvalue weighted by Crippen LogP contribution is 2.37. The molecular weight excluding hydrogens is 323 g/mol. The fourth-order valence-electron chi connectivity index (χ4n) is 2.53. The van der Waals surface area contributed by atoms with Crippen LogP contribution in [0.1, 0.15) is 11.5 Å². The summed E-state index contributed by atoms with van der Waals surface area (Å²) in [6.07, 6.45) is 0. The molecule has 0 aromatic heterocycles. The number of anilines is 2. The van der Waals surface area contributed by atoms with E-state index in [4.69, 9.17) is 23.2 Å². The van der Waals surface area contributed by atoms with Crippen LogP contribution in [0.15, 0.2) is 42.5 Å². The van der Waals surface area contributed by atoms with Gasteiger partial charge in [0.05, 0.1) is 10.7 Å². The Morgan fingerprint density at radius 1 is 1.18 bits per heavy atom. The van der Waals surface area contributed by atoms with Gasteiger partial charge in [-0.05, 0) is 29.8 Å². The van der Waals surface area contributed by atoms with Crippen LogP contribution in [0, 0.1) is 0 Å². The van der Waals surface area contributed by atoms with E-state index < -0.39 is 11.8 Å². The van der Waals surface area contributed by atoms with E-state index in [1.54, 1.807) is 37.4 Å². The molecule has 6 heteroatoms. The molecule has 1 atom stereocenters. The molecule has 0 radical (unpaired) electrons. The van der Waals surface area contributed by atoms with Crippen LogP contribution in [0.5, 0.6) is 0 Å². The SMILES string of the molecule is CN1C(=O)C(C(=O)Nc2cc(Cl)ccc2Cl)c2ccccc21. The number of carbonyl (C=O) groups is 2. The number of nitrogens with zero attached hydrogens (tertiary/aromatic N) is 1. The lowest BCUT2D eigenvalue weighted by Crippen LogP contribution is -2.31. The second-order valence-corrected chi connectivity index (χ2v) is 5.85. The fourth-order valence-corrected chi connectivity index (χ4v) is 2.87. The average molecular weight is 335 g/mol. The first-order valence-electron chi connectivity index (χ1n) is 6.61. The molecule has 0 saturated carbocycles. The van der Waals surface area contributed by atoms with Crippen molar-refractivity contribution in [2.45, 2.75) is 5.92 Å². The van der Waals surface area contributed by atoms with Gasteiger partial charge in [-0.2, -0.15) is 0 Å². The Kier molecular flexibility index (Phi) is 3.81. The fraction of sp³-hybridized carbons (Fsp3) is 0.125. The Morgan fingerprint density at radius 2 is 1.91 bits per heavy atom. The number of benzene rings is 2. The van der Waals surface area contributed by atoms with Crippen LogP contribution in [0.4, 0.5) is 11.4 Å². The summed E-state index contributed by atoms with van der Waals surface area (Å²) in [5.74, 6) is -1.57. The summed E-state index contributed by atoms with van der Waals surface area (Å²) in [6, 6.07) is 12.0. The Bertz CT molecular complexity index is 776. The molecular formula is C16H12Cl2N2O2. The number of amides is 2. The molecule has 2 aromatic carbocycles. The molecule has 22 heavy (non-hydrogen) atoms. The van der Waals surface area contributed by atoms with Gasteiger partial charge in [0.25, 0.3) is 0 Å². The predicted octanol–water partition coefficient (Wildman–Crippen LogP) is 3.69. The molecule has 0 bridgehead atoms. The van der Waals surface area contributed by atoms with Gasteiger partial charge in [-0.1, -0.05) is 41.4 Å². The van der Waals surface area contributed by atoms with E-state index in [0.29, 0.717) is 21.3 Å². The number of likely N-dealkylation sites (N-methyl/N-ethyl adjacent to an activating group) is 1. The Morgan fingerprint density at radius 3 is 2.68 bits per heavy atom. The number of para-hydroxylation sites is 1. The van der Waals surface area contributed by atoms with Gasteiger partial charge in [0.2, 0.25) is 11.8 Å². The molecule has 0 fully saturated rings. The molecule has 0 saturated heterocycles. The van der Waals surface area contributed by atoms with Crippen LogP contribution in [-0.2, 0) is 9.59 Å². The first-order chi connectivity index (χ1) is 10.5. The van der Waals surface area contributed by atoms with Crippen molar-refractivity contribution < 1.29 is 9.59 Å². The first-order valence-corrected chi connectivity index (χ1v) is 7.37. The molecule has 2 amide bonds. The van der Waals surface area contributed by atoms with E-state index in [9.17, 15) is 9.59 Å². The topological polar surface area (TPSA) is 49.4 Å². The molecule has 0 spiro atoms. The van der Waals surface area contributed by atoms with Crippen molar-refractivity contribution in [2.75, 3.05) is 17.3 Å². The zero-order valence-electron chi connectivity index (χ0n) is 11.6. The van der Waals surface area contributed by atoms with Gasteiger partial charge in [0, 0.05) is 17.8 Å². The zero-order valence-corrected chi connectivity index (χ0v) is 13.2. The second kappa shape index (κ2) is 5.63. The van der Waals surface area contributed by atoms with Gasteiger partial charge in [-0.15, -0.1) is 0 Å². The van der Waals surface area contributed by atoms with Crippen molar-refractivity contribution in [1.82, 2.24) is 0 Å². The third kappa shape index (κ3) is 2.45. The second-order valence-electron chi connectivity index (χ2n) is 5.00. The summed E-state index contributed by atoms with van der Waals surface area (Å²) in [5.41, 5.74) is 1.81. The minimum atomic E-state index is -0.878. The van der Waals surface area contributed by atoms with Crippen molar-refractivity contribution in [2.24, 2.45) is 0 Å². The Balaban J connectivity index is 1.93. The van der Waals surface area contributed by atoms with Gasteiger partial charge in [0.1, 0.15) is 5.92 Å². The van der Waals surface area contributed by atoms with Crippen molar-refractivity contribution in [3.63, 3.8) is 0 Å². The van der Waals surface area contributed by atoms with Crippen LogP contribution in [0.2, 0.25) is 10.0 Å². The molecule has 1 unspecified atom stereocenters. The molecule has 3 rings (SSSR count). The van der Waals surface area contributed by atoms with Crippen LogP contribution in [0.3, 0.4) is 0 Å². The number of rotatable bonds is 2. The molecule has 4 nitrogen and oxygen atoms in total. The predicted molar refractivity (Wildman–Crippen MR) is 87.7 cm³/mol. The van der Waals surface area contributed by atoms with Gasteiger partial charge >= 0.3 is 0 Å². The summed E-state index contributed by atoms with van der Waals surface area (Å²) in [6.45, 7) is 0. The van der Waals surface area contributed by atoms with Crippen LogP contribution < -0.4 is 10.2 Å². The van der Waals surface area contributed by atoms with E-state index >= 15 is 0 Å². The number of hydrogen-bond donors (Lipinski definition) is 1. The smallest absolute Gasteiger partial charge is 0.243 e. The van der Waals surface area contributed by atoms with E-state index in [1.165, 1.54) is 4.90 Å². The lowest BCUT2D eigenvalue weighted by molar-refractivity contribution is -0.126. The quantitative estimate of drug-likeness (QED) is 0.851. The largest absolute Gasteiger partial charge is 0.324 e. The number of fused-ring (bicyclic) bond motifs is 1. The van der Waals surface area contributed by atoms with Gasteiger partial charge < -0.3 is 10.2 Å². The van der Waals surface area contributed by atoms with Crippen LogP contribution in [0.25, 0.3) is 0 Å². The number of halogens is 2. The lowest BCUT2D eigenvalue weighted by Gasteiger charge is -2.13. The molecule has 1 N–H and O–H groups in total. The summed E-state index contributed by atoms with van der Waals surface area (Å²) in [5, 5.41) is 3.50. The normalized spacial score (nSPS) is 16.6. The summed E-state index contributed by atoms with van der Waals surface area (Å²) >= 11 is 12.0. The lowest BCUT2D eigenvalue weighted by atomic mass is 10.00. The standard InChI is InChI=1S/C16H12Cl2N2O2/c1-20-13-5-3-2-4-10(13)14(16(20)22)15(21)19-12-8-9(17)6-7-11(12)18/h2-8,14H,1H3,(H,19,21). The third-order valence-corrected chi connectivity index (χ3v) is 4.20. The zero-order chi connectivity index (χ0) is 15.9. The maximum absolute atomic E-state index is 12.5. The average Bonchev–Trinajstić information content (AvgIpc) is 2.75. The van der Waals surface area contributed by atoms with E-state index in [-0.39, 0.29) is 5.91 Å². The molecule has 1 heterocycles. The molecule has 0 aliphatic carbocycles. The van der Waals surface area contributed by atoms with E-state index in [0.717, 1.165) is 5.69 Å². The monoisotopic (exact) mass is 334 g/mol. The van der Waals surface area contributed by atoms with Crippen molar-refractivity contribution >= 4 is 46.4 Å². The summed E-state index contributed by atoms with van der Waals surface area (Å²) in [4.78, 5) is 26.4. The maximum Gasteiger partial charge on any atom is 0.243 e. The first kappa shape index (κ1) is 14.9. The Hall–Kier alpha value is -2.04. The Labute approximate surface area is 137 Å². The molecule has 1 aliphatic rings.